The van der Waals surface area contributed by atoms with Gasteiger partial charge in [0.05, 0.1) is 10.8 Å². The molecule has 7 heteroatoms. The molecule has 108 valence electrons. The van der Waals surface area contributed by atoms with E-state index in [2.05, 4.69) is 9.71 Å². The van der Waals surface area contributed by atoms with Crippen LogP contribution in [0.15, 0.2) is 30.5 Å². The quantitative estimate of drug-likeness (QED) is 0.889. The zero-order valence-electron chi connectivity index (χ0n) is 11.0. The van der Waals surface area contributed by atoms with Gasteiger partial charge in [-0.15, -0.1) is 11.3 Å². The average molecular weight is 314 g/mol. The van der Waals surface area contributed by atoms with E-state index in [-0.39, 0.29) is 11.6 Å². The topological polar surface area (TPSA) is 59.1 Å². The Morgan fingerprint density at radius 3 is 2.60 bits per heavy atom. The van der Waals surface area contributed by atoms with Crippen molar-refractivity contribution in [1.82, 2.24) is 9.71 Å². The van der Waals surface area contributed by atoms with Gasteiger partial charge < -0.3 is 0 Å². The molecule has 0 bridgehead atoms. The van der Waals surface area contributed by atoms with E-state index in [0.29, 0.717) is 18.5 Å². The van der Waals surface area contributed by atoms with Gasteiger partial charge in [0, 0.05) is 17.6 Å². The third kappa shape index (κ3) is 4.66. The minimum Gasteiger partial charge on any atom is -0.250 e. The van der Waals surface area contributed by atoms with Crippen molar-refractivity contribution < 1.29 is 12.8 Å². The molecule has 0 aliphatic heterocycles. The van der Waals surface area contributed by atoms with Crippen LogP contribution in [-0.2, 0) is 22.2 Å². The molecule has 0 spiro atoms. The minimum absolute atomic E-state index is 0.144. The molecule has 1 heterocycles. The first kappa shape index (κ1) is 15.1. The highest BCUT2D eigenvalue weighted by molar-refractivity contribution is 7.88. The number of hydrogen-bond acceptors (Lipinski definition) is 4. The Hall–Kier alpha value is -1.31. The predicted octanol–water partition coefficient (Wildman–Crippen LogP) is 2.25. The van der Waals surface area contributed by atoms with Gasteiger partial charge in [0.15, 0.2) is 0 Å². The van der Waals surface area contributed by atoms with Gasteiger partial charge in [-0.1, -0.05) is 12.1 Å². The lowest BCUT2D eigenvalue weighted by molar-refractivity contribution is 0.580. The molecule has 0 radical (unpaired) electrons. The number of nitrogens with one attached hydrogen (secondary N) is 1. The summed E-state index contributed by atoms with van der Waals surface area (Å²) in [6.07, 6.45) is 2.38. The van der Waals surface area contributed by atoms with Crippen LogP contribution in [0.3, 0.4) is 0 Å². The zero-order chi connectivity index (χ0) is 14.6. The maximum atomic E-state index is 12.7. The fourth-order valence-corrected chi connectivity index (χ4v) is 3.64. The largest absolute Gasteiger partial charge is 0.250 e. The molecule has 4 nitrogen and oxygen atoms in total. The van der Waals surface area contributed by atoms with Gasteiger partial charge in [-0.2, -0.15) is 0 Å². The standard InChI is InChI=1S/C13H15FN2O2S2/c1-10-15-8-13(19-10)6-7-16-20(17,18)9-11-2-4-12(14)5-3-11/h2-5,8,16H,6-7,9H2,1H3. The number of sulfonamides is 1. The fraction of sp³-hybridized carbons (Fsp3) is 0.308. The molecule has 0 saturated heterocycles. The highest BCUT2D eigenvalue weighted by atomic mass is 32.2. The normalized spacial score (nSPS) is 11.7. The van der Waals surface area contributed by atoms with Crippen LogP contribution in [-0.4, -0.2) is 19.9 Å². The summed E-state index contributed by atoms with van der Waals surface area (Å²) in [6, 6.07) is 5.46. The first-order valence-electron chi connectivity index (χ1n) is 6.08. The van der Waals surface area contributed by atoms with Crippen LogP contribution in [0.5, 0.6) is 0 Å². The molecule has 0 saturated carbocycles. The molecule has 1 aromatic carbocycles. The fourth-order valence-electron chi connectivity index (χ4n) is 1.70. The van der Waals surface area contributed by atoms with E-state index in [0.717, 1.165) is 9.88 Å². The van der Waals surface area contributed by atoms with Crippen LogP contribution in [0.25, 0.3) is 0 Å². The molecule has 0 aliphatic carbocycles. The van der Waals surface area contributed by atoms with Crippen molar-refractivity contribution in [1.29, 1.82) is 0 Å². The molecule has 1 aromatic heterocycles. The number of rotatable bonds is 6. The lowest BCUT2D eigenvalue weighted by Crippen LogP contribution is -2.27. The molecule has 1 N–H and O–H groups in total. The monoisotopic (exact) mass is 314 g/mol. The summed E-state index contributed by atoms with van der Waals surface area (Å²) in [4.78, 5) is 5.16. The SMILES string of the molecule is Cc1ncc(CCNS(=O)(=O)Cc2ccc(F)cc2)s1. The Morgan fingerprint density at radius 1 is 1.30 bits per heavy atom. The summed E-state index contributed by atoms with van der Waals surface area (Å²) in [5.41, 5.74) is 0.563. The van der Waals surface area contributed by atoms with Crippen molar-refractivity contribution in [2.45, 2.75) is 19.1 Å². The summed E-state index contributed by atoms with van der Waals surface area (Å²) >= 11 is 1.56. The van der Waals surface area contributed by atoms with Gasteiger partial charge in [-0.3, -0.25) is 0 Å². The van der Waals surface area contributed by atoms with Crippen molar-refractivity contribution in [2.24, 2.45) is 0 Å². The number of halogens is 1. The molecule has 0 amide bonds. The second-order valence-electron chi connectivity index (χ2n) is 4.38. The van der Waals surface area contributed by atoms with E-state index in [1.807, 2.05) is 6.92 Å². The first-order valence-corrected chi connectivity index (χ1v) is 8.54. The Balaban J connectivity index is 1.86. The number of nitrogens with zero attached hydrogens (tertiary/aromatic N) is 1. The second kappa shape index (κ2) is 6.43. The first-order chi connectivity index (χ1) is 9.44. The number of benzene rings is 1. The molecule has 2 rings (SSSR count). The summed E-state index contributed by atoms with van der Waals surface area (Å²) in [5, 5.41) is 0.967. The van der Waals surface area contributed by atoms with Crippen molar-refractivity contribution in [3.8, 4) is 0 Å². The van der Waals surface area contributed by atoms with Crippen molar-refractivity contribution in [2.75, 3.05) is 6.54 Å². The maximum Gasteiger partial charge on any atom is 0.215 e. The van der Waals surface area contributed by atoms with E-state index in [1.165, 1.54) is 24.3 Å². The Kier molecular flexibility index (Phi) is 4.85. The summed E-state index contributed by atoms with van der Waals surface area (Å²) in [7, 11) is -3.40. The Bertz CT molecular complexity index is 666. The van der Waals surface area contributed by atoms with Gasteiger partial charge in [0.1, 0.15) is 5.82 Å². The van der Waals surface area contributed by atoms with Crippen LogP contribution in [0.2, 0.25) is 0 Å². The molecule has 20 heavy (non-hydrogen) atoms. The third-order valence-electron chi connectivity index (χ3n) is 2.63. The van der Waals surface area contributed by atoms with Crippen LogP contribution >= 0.6 is 11.3 Å². The molecule has 0 aliphatic rings. The molecule has 0 unspecified atom stereocenters. The maximum absolute atomic E-state index is 12.7. The number of aryl methyl sites for hydroxylation is 1. The molecular formula is C13H15FN2O2S2. The van der Waals surface area contributed by atoms with E-state index in [1.54, 1.807) is 17.5 Å². The van der Waals surface area contributed by atoms with Crippen molar-refractivity contribution in [3.63, 3.8) is 0 Å². The lowest BCUT2D eigenvalue weighted by Gasteiger charge is -2.06. The van der Waals surface area contributed by atoms with E-state index < -0.39 is 10.0 Å². The molecule has 0 fully saturated rings. The van der Waals surface area contributed by atoms with E-state index in [9.17, 15) is 12.8 Å². The smallest absolute Gasteiger partial charge is 0.215 e. The van der Waals surface area contributed by atoms with Gasteiger partial charge in [-0.25, -0.2) is 22.5 Å². The van der Waals surface area contributed by atoms with E-state index in [4.69, 9.17) is 0 Å². The number of aromatic nitrogens is 1. The van der Waals surface area contributed by atoms with Crippen LogP contribution in [0, 0.1) is 12.7 Å². The number of thiazole rings is 1. The lowest BCUT2D eigenvalue weighted by atomic mass is 10.2. The Morgan fingerprint density at radius 2 is 2.00 bits per heavy atom. The molecule has 2 aromatic rings. The third-order valence-corrected chi connectivity index (χ3v) is 4.96. The Labute approximate surface area is 121 Å². The highest BCUT2D eigenvalue weighted by Gasteiger charge is 2.11. The minimum atomic E-state index is -3.40. The van der Waals surface area contributed by atoms with Gasteiger partial charge in [0.2, 0.25) is 10.0 Å². The van der Waals surface area contributed by atoms with Crippen LogP contribution in [0.1, 0.15) is 15.4 Å². The van der Waals surface area contributed by atoms with Gasteiger partial charge in [0.25, 0.3) is 0 Å². The summed E-state index contributed by atoms with van der Waals surface area (Å²) in [5.74, 6) is -0.519. The van der Waals surface area contributed by atoms with Gasteiger partial charge in [-0.05, 0) is 31.0 Å². The van der Waals surface area contributed by atoms with Gasteiger partial charge >= 0.3 is 0 Å². The van der Waals surface area contributed by atoms with Crippen molar-refractivity contribution >= 4 is 21.4 Å². The molecule has 0 atom stereocenters. The average Bonchev–Trinajstić information content (AvgIpc) is 2.77. The summed E-state index contributed by atoms with van der Waals surface area (Å²) in [6.45, 7) is 2.25. The van der Waals surface area contributed by atoms with Crippen molar-refractivity contribution in [3.05, 3.63) is 51.7 Å². The number of hydrogen-bond donors (Lipinski definition) is 1. The zero-order valence-corrected chi connectivity index (χ0v) is 12.6. The summed E-state index contributed by atoms with van der Waals surface area (Å²) < 4.78 is 39.0. The molecular weight excluding hydrogens is 299 g/mol. The van der Waals surface area contributed by atoms with Crippen LogP contribution in [0.4, 0.5) is 4.39 Å². The van der Waals surface area contributed by atoms with E-state index >= 15 is 0 Å². The second-order valence-corrected chi connectivity index (χ2v) is 7.50. The highest BCUT2D eigenvalue weighted by Crippen LogP contribution is 2.12. The predicted molar refractivity (Wildman–Crippen MR) is 77.6 cm³/mol. The van der Waals surface area contributed by atoms with Crippen LogP contribution < -0.4 is 4.72 Å².